The molecular formula is C35H46N2O6. The fourth-order valence-electron chi connectivity index (χ4n) is 5.34. The predicted molar refractivity (Wildman–Crippen MR) is 169 cm³/mol. The molecule has 43 heavy (non-hydrogen) atoms. The van der Waals surface area contributed by atoms with Gasteiger partial charge in [-0.25, -0.2) is 0 Å². The van der Waals surface area contributed by atoms with Crippen LogP contribution in [-0.2, 0) is 32.0 Å². The number of ether oxygens (including phenoxy) is 5. The number of rotatable bonds is 18. The highest BCUT2D eigenvalue weighted by Gasteiger charge is 2.28. The standard InChI is InChI=1S/C35H46N2O6/c1-39-21-8-7-11-28-10-3-5-13-32(28)37-35(38)26-43-34-24-36-20-19-31(34)27-15-17-30(18-16-27)42-23-9-22-41-25-29-12-4-6-14-33(29)40-2/h3-6,10,12-18,31,34,36H,7-9,11,19-26H2,1-2H3,(H,37,38). The van der Waals surface area contributed by atoms with Crippen LogP contribution >= 0.6 is 0 Å². The van der Waals surface area contributed by atoms with Crippen molar-refractivity contribution in [3.8, 4) is 11.5 Å². The second-order valence-electron chi connectivity index (χ2n) is 10.7. The Hall–Kier alpha value is -3.43. The molecule has 0 radical (unpaired) electrons. The van der Waals surface area contributed by atoms with Crippen molar-refractivity contribution in [2.75, 3.05) is 59.1 Å². The van der Waals surface area contributed by atoms with Crippen LogP contribution in [0, 0.1) is 0 Å². The summed E-state index contributed by atoms with van der Waals surface area (Å²) in [7, 11) is 3.39. The molecule has 8 nitrogen and oxygen atoms in total. The molecule has 1 fully saturated rings. The molecule has 2 unspecified atom stereocenters. The minimum Gasteiger partial charge on any atom is -0.496 e. The number of nitrogens with one attached hydrogen (secondary N) is 2. The fourth-order valence-corrected chi connectivity index (χ4v) is 5.34. The number of carbonyl (C=O) groups is 1. The molecule has 0 saturated carbocycles. The number of para-hydroxylation sites is 2. The van der Waals surface area contributed by atoms with Gasteiger partial charge in [0.05, 0.1) is 33.0 Å². The summed E-state index contributed by atoms with van der Waals surface area (Å²) in [5.74, 6) is 1.75. The molecule has 4 rings (SSSR count). The van der Waals surface area contributed by atoms with Gasteiger partial charge in [0.2, 0.25) is 5.91 Å². The van der Waals surface area contributed by atoms with E-state index in [0.29, 0.717) is 26.4 Å². The van der Waals surface area contributed by atoms with Gasteiger partial charge in [0.25, 0.3) is 0 Å². The van der Waals surface area contributed by atoms with Crippen molar-refractivity contribution in [3.63, 3.8) is 0 Å². The second-order valence-corrected chi connectivity index (χ2v) is 10.7. The number of carbonyl (C=O) groups excluding carboxylic acids is 1. The number of benzene rings is 3. The maximum atomic E-state index is 12.8. The van der Waals surface area contributed by atoms with Gasteiger partial charge in [-0.05, 0) is 67.6 Å². The molecule has 0 bridgehead atoms. The Morgan fingerprint density at radius 2 is 1.67 bits per heavy atom. The number of aryl methyl sites for hydroxylation is 1. The summed E-state index contributed by atoms with van der Waals surface area (Å²) in [5, 5.41) is 6.46. The molecule has 2 N–H and O–H groups in total. The first-order valence-electron chi connectivity index (χ1n) is 15.3. The van der Waals surface area contributed by atoms with E-state index < -0.39 is 0 Å². The molecule has 2 atom stereocenters. The smallest absolute Gasteiger partial charge is 0.250 e. The number of methoxy groups -OCH3 is 2. The van der Waals surface area contributed by atoms with E-state index in [9.17, 15) is 4.79 Å². The Morgan fingerprint density at radius 1 is 0.884 bits per heavy atom. The van der Waals surface area contributed by atoms with Gasteiger partial charge in [-0.3, -0.25) is 4.79 Å². The summed E-state index contributed by atoms with van der Waals surface area (Å²) < 4.78 is 28.4. The van der Waals surface area contributed by atoms with Gasteiger partial charge < -0.3 is 34.3 Å². The van der Waals surface area contributed by atoms with Crippen molar-refractivity contribution in [2.45, 2.75) is 50.7 Å². The molecule has 1 aliphatic rings. The van der Waals surface area contributed by atoms with Crippen LogP contribution in [0.2, 0.25) is 0 Å². The number of piperidine rings is 1. The number of anilines is 1. The third-order valence-electron chi connectivity index (χ3n) is 7.65. The number of unbranched alkanes of at least 4 members (excludes halogenated alkanes) is 1. The normalized spacial score (nSPS) is 16.5. The lowest BCUT2D eigenvalue weighted by atomic mass is 9.88. The van der Waals surface area contributed by atoms with E-state index in [1.807, 2.05) is 54.6 Å². The summed E-state index contributed by atoms with van der Waals surface area (Å²) >= 11 is 0. The highest BCUT2D eigenvalue weighted by Crippen LogP contribution is 2.29. The Bertz CT molecular complexity index is 1240. The largest absolute Gasteiger partial charge is 0.496 e. The Morgan fingerprint density at radius 3 is 2.49 bits per heavy atom. The van der Waals surface area contributed by atoms with E-state index in [4.69, 9.17) is 23.7 Å². The number of hydrogen-bond donors (Lipinski definition) is 2. The minimum absolute atomic E-state index is 0.0151. The van der Waals surface area contributed by atoms with E-state index in [1.165, 1.54) is 5.56 Å². The van der Waals surface area contributed by atoms with Crippen molar-refractivity contribution >= 4 is 11.6 Å². The Labute approximate surface area is 256 Å². The zero-order chi connectivity index (χ0) is 30.1. The van der Waals surface area contributed by atoms with Crippen LogP contribution in [0.1, 0.15) is 48.3 Å². The van der Waals surface area contributed by atoms with Gasteiger partial charge in [-0.1, -0.05) is 48.5 Å². The van der Waals surface area contributed by atoms with Crippen LogP contribution in [0.25, 0.3) is 0 Å². The highest BCUT2D eigenvalue weighted by atomic mass is 16.5. The molecule has 8 heteroatoms. The van der Waals surface area contributed by atoms with Gasteiger partial charge >= 0.3 is 0 Å². The van der Waals surface area contributed by atoms with Crippen LogP contribution in [0.5, 0.6) is 11.5 Å². The number of hydrogen-bond acceptors (Lipinski definition) is 7. The lowest BCUT2D eigenvalue weighted by Crippen LogP contribution is -2.42. The van der Waals surface area contributed by atoms with E-state index in [-0.39, 0.29) is 24.5 Å². The molecule has 0 aliphatic carbocycles. The van der Waals surface area contributed by atoms with Gasteiger partial charge in [-0.15, -0.1) is 0 Å². The first-order valence-corrected chi connectivity index (χ1v) is 15.3. The zero-order valence-corrected chi connectivity index (χ0v) is 25.5. The Kier molecular flexibility index (Phi) is 13.8. The molecular weight excluding hydrogens is 544 g/mol. The average Bonchev–Trinajstić information content (AvgIpc) is 3.05. The van der Waals surface area contributed by atoms with Crippen molar-refractivity contribution in [1.29, 1.82) is 0 Å². The Balaban J connectivity index is 1.19. The van der Waals surface area contributed by atoms with E-state index in [0.717, 1.165) is 73.6 Å². The van der Waals surface area contributed by atoms with Crippen molar-refractivity contribution in [1.82, 2.24) is 5.32 Å². The predicted octanol–water partition coefficient (Wildman–Crippen LogP) is 5.75. The minimum atomic E-state index is -0.135. The SMILES string of the molecule is COCCCCc1ccccc1NC(=O)COC1CNCCC1c1ccc(OCCCOCc2ccccc2OC)cc1. The van der Waals surface area contributed by atoms with Crippen LogP contribution in [0.4, 0.5) is 5.69 Å². The summed E-state index contributed by atoms with van der Waals surface area (Å²) in [5.41, 5.74) is 4.22. The first kappa shape index (κ1) is 32.5. The highest BCUT2D eigenvalue weighted by molar-refractivity contribution is 5.92. The molecule has 0 spiro atoms. The van der Waals surface area contributed by atoms with Gasteiger partial charge in [-0.2, -0.15) is 0 Å². The fraction of sp³-hybridized carbons (Fsp3) is 0.457. The molecule has 1 saturated heterocycles. The first-order chi connectivity index (χ1) is 21.2. The molecule has 232 valence electrons. The number of amides is 1. The zero-order valence-electron chi connectivity index (χ0n) is 25.5. The monoisotopic (exact) mass is 590 g/mol. The molecule has 3 aromatic rings. The molecule has 1 amide bonds. The van der Waals surface area contributed by atoms with Gasteiger partial charge in [0.1, 0.15) is 18.1 Å². The summed E-state index contributed by atoms with van der Waals surface area (Å²) in [6.07, 6.45) is 4.55. The lowest BCUT2D eigenvalue weighted by molar-refractivity contribution is -0.123. The summed E-state index contributed by atoms with van der Waals surface area (Å²) in [6, 6.07) is 24.1. The molecule has 0 aromatic heterocycles. The summed E-state index contributed by atoms with van der Waals surface area (Å²) in [6.45, 7) is 4.09. The van der Waals surface area contributed by atoms with E-state index in [2.05, 4.69) is 28.8 Å². The third-order valence-corrected chi connectivity index (χ3v) is 7.65. The van der Waals surface area contributed by atoms with Crippen molar-refractivity contribution < 1.29 is 28.5 Å². The summed E-state index contributed by atoms with van der Waals surface area (Å²) in [4.78, 5) is 12.8. The average molecular weight is 591 g/mol. The van der Waals surface area contributed by atoms with Crippen LogP contribution < -0.4 is 20.1 Å². The van der Waals surface area contributed by atoms with Crippen molar-refractivity contribution in [3.05, 3.63) is 89.5 Å². The topological polar surface area (TPSA) is 87.3 Å². The van der Waals surface area contributed by atoms with E-state index in [1.54, 1.807) is 14.2 Å². The van der Waals surface area contributed by atoms with Crippen LogP contribution in [0.15, 0.2) is 72.8 Å². The molecule has 3 aromatic carbocycles. The van der Waals surface area contributed by atoms with E-state index >= 15 is 0 Å². The maximum Gasteiger partial charge on any atom is 0.250 e. The van der Waals surface area contributed by atoms with Crippen LogP contribution in [0.3, 0.4) is 0 Å². The quantitative estimate of drug-likeness (QED) is 0.183. The molecule has 1 aliphatic heterocycles. The van der Waals surface area contributed by atoms with Crippen LogP contribution in [-0.4, -0.2) is 65.7 Å². The molecule has 1 heterocycles. The van der Waals surface area contributed by atoms with Crippen molar-refractivity contribution in [2.24, 2.45) is 0 Å². The lowest BCUT2D eigenvalue weighted by Gasteiger charge is -2.32. The van der Waals surface area contributed by atoms with Gasteiger partial charge in [0.15, 0.2) is 0 Å². The second kappa shape index (κ2) is 18.3. The maximum absolute atomic E-state index is 12.8. The van der Waals surface area contributed by atoms with Gasteiger partial charge in [0, 0.05) is 43.9 Å². The third kappa shape index (κ3) is 10.7.